The molecule has 196 valence electrons. The third-order valence-electron chi connectivity index (χ3n) is 8.53. The van der Waals surface area contributed by atoms with Gasteiger partial charge in [-0.3, -0.25) is 14.4 Å². The molecule has 3 heterocycles. The number of carbonyl (C=O) groups is 3. The fraction of sp³-hybridized carbons (Fsp3) is 0.147. The monoisotopic (exact) mass is 528 g/mol. The van der Waals surface area contributed by atoms with E-state index >= 15 is 0 Å². The van der Waals surface area contributed by atoms with Gasteiger partial charge >= 0.3 is 0 Å². The average Bonchev–Trinajstić information content (AvgIpc) is 3.45. The number of para-hydroxylation sites is 1. The lowest BCUT2D eigenvalue weighted by Gasteiger charge is -2.37. The number of rotatable bonds is 4. The number of halogens is 1. The van der Waals surface area contributed by atoms with Crippen molar-refractivity contribution in [3.05, 3.63) is 137 Å². The highest BCUT2D eigenvalue weighted by molar-refractivity contribution is 6.18. The summed E-state index contributed by atoms with van der Waals surface area (Å²) in [5.41, 5.74) is 3.32. The van der Waals surface area contributed by atoms with E-state index in [1.807, 2.05) is 72.5 Å². The molecule has 0 aromatic heterocycles. The van der Waals surface area contributed by atoms with E-state index in [0.717, 1.165) is 16.8 Å². The lowest BCUT2D eigenvalue weighted by Crippen LogP contribution is -2.51. The van der Waals surface area contributed by atoms with Crippen molar-refractivity contribution in [2.24, 2.45) is 5.92 Å². The molecule has 7 rings (SSSR count). The lowest BCUT2D eigenvalue weighted by atomic mass is 9.64. The molecule has 0 unspecified atom stereocenters. The molecule has 5 nitrogen and oxygen atoms in total. The summed E-state index contributed by atoms with van der Waals surface area (Å²) in [6.07, 6.45) is 3.92. The number of hydrogen-bond donors (Lipinski definition) is 1. The number of hydrogen-bond acceptors (Lipinski definition) is 4. The van der Waals surface area contributed by atoms with Crippen LogP contribution in [0.25, 0.3) is 6.08 Å². The van der Waals surface area contributed by atoms with E-state index in [2.05, 4.69) is 5.32 Å². The van der Waals surface area contributed by atoms with E-state index in [9.17, 15) is 18.8 Å². The van der Waals surface area contributed by atoms with Crippen molar-refractivity contribution in [1.82, 2.24) is 0 Å². The molecule has 0 saturated carbocycles. The van der Waals surface area contributed by atoms with Crippen LogP contribution in [0, 0.1) is 18.7 Å². The Bertz CT molecular complexity index is 1730. The molecule has 0 radical (unpaired) electrons. The fourth-order valence-electron chi connectivity index (χ4n) is 6.84. The summed E-state index contributed by atoms with van der Waals surface area (Å²) in [6.45, 7) is 1.98. The molecule has 3 aliphatic heterocycles. The molecule has 4 aromatic carbocycles. The summed E-state index contributed by atoms with van der Waals surface area (Å²) < 4.78 is 13.9. The van der Waals surface area contributed by atoms with Gasteiger partial charge in [0, 0.05) is 22.5 Å². The molecule has 0 aliphatic carbocycles. The normalized spacial score (nSPS) is 23.9. The Hall–Kier alpha value is -4.84. The van der Waals surface area contributed by atoms with Crippen molar-refractivity contribution in [1.29, 1.82) is 0 Å². The maximum atomic E-state index is 14.6. The second kappa shape index (κ2) is 8.85. The Kier molecular flexibility index (Phi) is 5.36. The molecule has 4 atom stereocenters. The Morgan fingerprint density at radius 3 is 2.33 bits per heavy atom. The smallest absolute Gasteiger partial charge is 0.238 e. The maximum absolute atomic E-state index is 14.6. The van der Waals surface area contributed by atoms with Crippen LogP contribution in [0.5, 0.6) is 0 Å². The number of ketones is 2. The number of fused-ring (bicyclic) bond motifs is 6. The number of nitrogens with one attached hydrogen (secondary N) is 1. The molecule has 6 heteroatoms. The minimum Gasteiger partial charge on any atom is -0.352 e. The van der Waals surface area contributed by atoms with Crippen LogP contribution in [0.4, 0.5) is 15.8 Å². The van der Waals surface area contributed by atoms with Crippen molar-refractivity contribution < 1.29 is 18.8 Å². The zero-order valence-corrected chi connectivity index (χ0v) is 21.7. The standard InChI is InChI=1S/C34H25FN2O3/c1-20-11-12-21-15-18-28-34(25-9-5-6-10-26(25)36-33(34)40)29(31(38)23-13-16-24(35)17-14-23)30(37(28)27(21)19-20)32(39)22-7-3-2-4-8-22/h2-19,28-30H,1H3,(H,36,40)/t28-,29-,30+,34-/m1/s1. The highest BCUT2D eigenvalue weighted by Gasteiger charge is 2.70. The minimum absolute atomic E-state index is 0.247. The summed E-state index contributed by atoms with van der Waals surface area (Å²) in [4.78, 5) is 45.5. The van der Waals surface area contributed by atoms with E-state index in [4.69, 9.17) is 0 Å². The zero-order chi connectivity index (χ0) is 27.6. The van der Waals surface area contributed by atoms with Gasteiger partial charge in [0.1, 0.15) is 17.3 Å². The molecular weight excluding hydrogens is 503 g/mol. The molecular formula is C34H25FN2O3. The maximum Gasteiger partial charge on any atom is 0.238 e. The van der Waals surface area contributed by atoms with E-state index in [0.29, 0.717) is 16.8 Å². The number of benzene rings is 4. The van der Waals surface area contributed by atoms with E-state index < -0.39 is 29.2 Å². The van der Waals surface area contributed by atoms with Crippen LogP contribution in [-0.2, 0) is 10.2 Å². The number of nitrogens with zero attached hydrogens (tertiary/aromatic N) is 1. The third kappa shape index (κ3) is 3.29. The average molecular weight is 529 g/mol. The van der Waals surface area contributed by atoms with Crippen LogP contribution in [0.1, 0.15) is 37.4 Å². The number of Topliss-reactive ketones (excluding diaryl/α,β-unsaturated/α-hetero) is 2. The van der Waals surface area contributed by atoms with Gasteiger partial charge in [-0.2, -0.15) is 0 Å². The lowest BCUT2D eigenvalue weighted by molar-refractivity contribution is -0.121. The van der Waals surface area contributed by atoms with Crippen LogP contribution >= 0.6 is 0 Å². The van der Waals surface area contributed by atoms with Crippen molar-refractivity contribution in [2.75, 3.05) is 10.2 Å². The van der Waals surface area contributed by atoms with Crippen LogP contribution < -0.4 is 10.2 Å². The Balaban J connectivity index is 1.55. The second-order valence-electron chi connectivity index (χ2n) is 10.7. The van der Waals surface area contributed by atoms with E-state index in [1.54, 1.807) is 24.3 Å². The Morgan fingerprint density at radius 1 is 0.850 bits per heavy atom. The number of amides is 1. The summed E-state index contributed by atoms with van der Waals surface area (Å²) in [6, 6.07) is 26.0. The summed E-state index contributed by atoms with van der Waals surface area (Å²) in [5, 5.41) is 3.02. The number of carbonyl (C=O) groups excluding carboxylic acids is 3. The molecule has 0 bridgehead atoms. The number of anilines is 2. The van der Waals surface area contributed by atoms with Gasteiger partial charge < -0.3 is 10.2 Å². The first-order valence-corrected chi connectivity index (χ1v) is 13.3. The van der Waals surface area contributed by atoms with Crippen molar-refractivity contribution >= 4 is 34.9 Å². The van der Waals surface area contributed by atoms with Gasteiger partial charge in [0.2, 0.25) is 5.91 Å². The quantitative estimate of drug-likeness (QED) is 0.331. The Morgan fingerprint density at radius 2 is 1.55 bits per heavy atom. The van der Waals surface area contributed by atoms with E-state index in [1.165, 1.54) is 24.3 Å². The molecule has 1 fully saturated rings. The second-order valence-corrected chi connectivity index (χ2v) is 10.7. The topological polar surface area (TPSA) is 66.5 Å². The summed E-state index contributed by atoms with van der Waals surface area (Å²) >= 11 is 0. The third-order valence-corrected chi connectivity index (χ3v) is 8.53. The Labute approximate surface area is 231 Å². The van der Waals surface area contributed by atoms with Crippen LogP contribution in [0.3, 0.4) is 0 Å². The van der Waals surface area contributed by atoms with Crippen LogP contribution in [-0.4, -0.2) is 29.6 Å². The van der Waals surface area contributed by atoms with Crippen molar-refractivity contribution in [3.63, 3.8) is 0 Å². The van der Waals surface area contributed by atoms with Gasteiger partial charge in [0.25, 0.3) is 0 Å². The molecule has 1 N–H and O–H groups in total. The predicted octanol–water partition coefficient (Wildman–Crippen LogP) is 5.99. The van der Waals surface area contributed by atoms with Gasteiger partial charge in [-0.05, 0) is 60.0 Å². The highest BCUT2D eigenvalue weighted by Crippen LogP contribution is 2.58. The minimum atomic E-state index is -1.39. The SMILES string of the molecule is Cc1ccc2c(c1)N1[C@H](C(=O)c3ccccc3)[C@H](C(=O)c3ccc(F)cc3)[C@]3(C(=O)Nc4ccccc43)[C@H]1C=C2. The van der Waals surface area contributed by atoms with Crippen molar-refractivity contribution in [3.8, 4) is 0 Å². The summed E-state index contributed by atoms with van der Waals surface area (Å²) in [7, 11) is 0. The number of aryl methyl sites for hydroxylation is 1. The fourth-order valence-corrected chi connectivity index (χ4v) is 6.84. The van der Waals surface area contributed by atoms with Crippen LogP contribution in [0.2, 0.25) is 0 Å². The van der Waals surface area contributed by atoms with Gasteiger partial charge in [0.05, 0.1) is 12.0 Å². The molecule has 1 amide bonds. The highest BCUT2D eigenvalue weighted by atomic mass is 19.1. The van der Waals surface area contributed by atoms with Gasteiger partial charge in [-0.1, -0.05) is 72.8 Å². The summed E-state index contributed by atoms with van der Waals surface area (Å²) in [5.74, 6) is -2.51. The first kappa shape index (κ1) is 24.2. The first-order chi connectivity index (χ1) is 19.4. The molecule has 4 aromatic rings. The molecule has 3 aliphatic rings. The molecule has 1 spiro atoms. The van der Waals surface area contributed by atoms with Crippen molar-refractivity contribution in [2.45, 2.75) is 24.4 Å². The predicted molar refractivity (Wildman–Crippen MR) is 152 cm³/mol. The van der Waals surface area contributed by atoms with Gasteiger partial charge in [0.15, 0.2) is 11.6 Å². The zero-order valence-electron chi connectivity index (χ0n) is 21.7. The first-order valence-electron chi connectivity index (χ1n) is 13.3. The van der Waals surface area contributed by atoms with Gasteiger partial charge in [-0.25, -0.2) is 4.39 Å². The van der Waals surface area contributed by atoms with Crippen LogP contribution in [0.15, 0.2) is 103 Å². The molecule has 40 heavy (non-hydrogen) atoms. The van der Waals surface area contributed by atoms with Gasteiger partial charge in [-0.15, -0.1) is 0 Å². The van der Waals surface area contributed by atoms with E-state index in [-0.39, 0.29) is 23.0 Å². The molecule has 1 saturated heterocycles. The largest absolute Gasteiger partial charge is 0.352 e.